The number of nitrogens with zero attached hydrogens (tertiary/aromatic N) is 4. The molecule has 25 heavy (non-hydrogen) atoms. The van der Waals surface area contributed by atoms with Crippen molar-refractivity contribution < 1.29 is 14.6 Å². The van der Waals surface area contributed by atoms with Gasteiger partial charge in [0.05, 0.1) is 13.2 Å². The van der Waals surface area contributed by atoms with Crippen molar-refractivity contribution in [1.82, 2.24) is 19.6 Å². The summed E-state index contributed by atoms with van der Waals surface area (Å²) in [7, 11) is 0. The molecular formula is C18H34N4O3. The van der Waals surface area contributed by atoms with Gasteiger partial charge in [-0.25, -0.2) is 4.79 Å². The third-order valence-corrected chi connectivity index (χ3v) is 6.24. The fraction of sp³-hybridized carbons (Fsp3) is 0.944. The monoisotopic (exact) mass is 354 g/mol. The number of piperazine rings is 1. The van der Waals surface area contributed by atoms with Crippen molar-refractivity contribution in [3.63, 3.8) is 0 Å². The van der Waals surface area contributed by atoms with Crippen molar-refractivity contribution in [2.24, 2.45) is 0 Å². The van der Waals surface area contributed by atoms with Crippen molar-refractivity contribution in [2.45, 2.75) is 38.3 Å². The van der Waals surface area contributed by atoms with E-state index in [1.54, 1.807) is 0 Å². The lowest BCUT2D eigenvalue weighted by Crippen LogP contribution is -2.51. The van der Waals surface area contributed by atoms with E-state index in [1.807, 2.05) is 11.8 Å². The fourth-order valence-corrected chi connectivity index (χ4v) is 4.20. The number of amides is 1. The smallest absolute Gasteiger partial charge is 0.410 e. The van der Waals surface area contributed by atoms with Crippen molar-refractivity contribution >= 4 is 6.09 Å². The number of rotatable bonds is 6. The molecule has 3 aliphatic rings. The molecule has 0 aromatic rings. The third kappa shape index (κ3) is 4.45. The Bertz CT molecular complexity index is 446. The van der Waals surface area contributed by atoms with E-state index in [1.165, 1.54) is 0 Å². The molecule has 0 radical (unpaired) electrons. The van der Waals surface area contributed by atoms with E-state index in [4.69, 9.17) is 4.74 Å². The average molecular weight is 354 g/mol. The van der Waals surface area contributed by atoms with E-state index >= 15 is 0 Å². The van der Waals surface area contributed by atoms with Gasteiger partial charge in [0.15, 0.2) is 0 Å². The summed E-state index contributed by atoms with van der Waals surface area (Å²) in [6, 6.07) is 0.187. The molecule has 1 amide bonds. The van der Waals surface area contributed by atoms with Crippen LogP contribution in [0.3, 0.4) is 0 Å². The molecule has 3 fully saturated rings. The lowest BCUT2D eigenvalue weighted by molar-refractivity contribution is -0.0145. The normalized spacial score (nSPS) is 27.0. The number of hydrogen-bond donors (Lipinski definition) is 1. The van der Waals surface area contributed by atoms with Gasteiger partial charge in [-0.05, 0) is 13.5 Å². The van der Waals surface area contributed by atoms with Crippen LogP contribution in [0.2, 0.25) is 0 Å². The summed E-state index contributed by atoms with van der Waals surface area (Å²) in [6.45, 7) is 14.2. The van der Waals surface area contributed by atoms with Gasteiger partial charge in [-0.3, -0.25) is 9.80 Å². The van der Waals surface area contributed by atoms with E-state index in [0.717, 1.165) is 78.3 Å². The number of ether oxygens (including phenoxy) is 1. The molecule has 0 aromatic heterocycles. The Kier molecular flexibility index (Phi) is 6.20. The van der Waals surface area contributed by atoms with Gasteiger partial charge in [-0.1, -0.05) is 6.92 Å². The number of hydrogen-bond acceptors (Lipinski definition) is 6. The van der Waals surface area contributed by atoms with E-state index in [0.29, 0.717) is 0 Å². The second kappa shape index (κ2) is 8.20. The maximum atomic E-state index is 12.3. The first-order valence-electron chi connectivity index (χ1n) is 9.83. The predicted octanol–water partition coefficient (Wildman–Crippen LogP) is 0.292. The van der Waals surface area contributed by atoms with Gasteiger partial charge >= 0.3 is 6.09 Å². The van der Waals surface area contributed by atoms with Gasteiger partial charge in [-0.15, -0.1) is 0 Å². The summed E-state index contributed by atoms with van der Waals surface area (Å²) in [4.78, 5) is 21.4. The summed E-state index contributed by atoms with van der Waals surface area (Å²) >= 11 is 0. The van der Waals surface area contributed by atoms with Gasteiger partial charge < -0.3 is 19.6 Å². The minimum Gasteiger partial charge on any atom is -0.441 e. The molecule has 1 N–H and O–H groups in total. The van der Waals surface area contributed by atoms with E-state index in [9.17, 15) is 9.90 Å². The topological polar surface area (TPSA) is 59.5 Å². The largest absolute Gasteiger partial charge is 0.441 e. The molecule has 0 bridgehead atoms. The van der Waals surface area contributed by atoms with Crippen molar-refractivity contribution in [1.29, 1.82) is 0 Å². The van der Waals surface area contributed by atoms with Crippen LogP contribution in [-0.2, 0) is 4.74 Å². The van der Waals surface area contributed by atoms with E-state index in [2.05, 4.69) is 21.6 Å². The van der Waals surface area contributed by atoms with E-state index in [-0.39, 0.29) is 24.3 Å². The van der Waals surface area contributed by atoms with Crippen LogP contribution in [0.15, 0.2) is 0 Å². The van der Waals surface area contributed by atoms with Crippen LogP contribution in [0.5, 0.6) is 0 Å². The summed E-state index contributed by atoms with van der Waals surface area (Å²) in [6.07, 6.45) is 1.60. The molecule has 3 aliphatic heterocycles. The highest BCUT2D eigenvalue weighted by atomic mass is 16.6. The van der Waals surface area contributed by atoms with Crippen LogP contribution in [0.1, 0.15) is 26.7 Å². The Labute approximate surface area is 151 Å². The molecule has 7 nitrogen and oxygen atoms in total. The highest BCUT2D eigenvalue weighted by Crippen LogP contribution is 2.33. The van der Waals surface area contributed by atoms with Crippen LogP contribution in [0.4, 0.5) is 4.79 Å². The number of carbonyl (C=O) groups is 1. The zero-order chi connectivity index (χ0) is 17.9. The summed E-state index contributed by atoms with van der Waals surface area (Å²) in [5, 5.41) is 9.31. The lowest BCUT2D eigenvalue weighted by atomic mass is 9.90. The number of piperidine rings is 1. The zero-order valence-corrected chi connectivity index (χ0v) is 15.8. The molecule has 3 saturated heterocycles. The molecule has 3 rings (SSSR count). The van der Waals surface area contributed by atoms with Crippen LogP contribution < -0.4 is 0 Å². The number of carbonyl (C=O) groups excluding carboxylic acids is 1. The van der Waals surface area contributed by atoms with Gasteiger partial charge in [0.1, 0.15) is 5.60 Å². The first-order chi connectivity index (χ1) is 12.0. The maximum absolute atomic E-state index is 12.3. The maximum Gasteiger partial charge on any atom is 0.410 e. The molecule has 1 spiro atoms. The molecule has 0 saturated carbocycles. The Balaban J connectivity index is 1.44. The van der Waals surface area contributed by atoms with Gasteiger partial charge in [0, 0.05) is 71.2 Å². The molecule has 1 unspecified atom stereocenters. The number of likely N-dealkylation sites (tertiary alicyclic amines) is 1. The lowest BCUT2D eigenvalue weighted by Gasteiger charge is -2.39. The Hall–Kier alpha value is -0.890. The SMILES string of the molecule is CCN1CCN(CCN2CC3(CCN(C(C)CO)CC3)OC2=O)CC1. The van der Waals surface area contributed by atoms with Crippen LogP contribution in [0.25, 0.3) is 0 Å². The summed E-state index contributed by atoms with van der Waals surface area (Å²) in [5.41, 5.74) is -0.302. The first kappa shape index (κ1) is 18.9. The fourth-order valence-electron chi connectivity index (χ4n) is 4.20. The van der Waals surface area contributed by atoms with Gasteiger partial charge in [-0.2, -0.15) is 0 Å². The minimum atomic E-state index is -0.302. The summed E-state index contributed by atoms with van der Waals surface area (Å²) < 4.78 is 5.81. The Morgan fingerprint density at radius 1 is 1.08 bits per heavy atom. The molecular weight excluding hydrogens is 320 g/mol. The van der Waals surface area contributed by atoms with Crippen molar-refractivity contribution in [3.05, 3.63) is 0 Å². The summed E-state index contributed by atoms with van der Waals surface area (Å²) in [5.74, 6) is 0. The van der Waals surface area contributed by atoms with E-state index < -0.39 is 0 Å². The van der Waals surface area contributed by atoms with Crippen molar-refractivity contribution in [2.75, 3.05) is 72.1 Å². The zero-order valence-electron chi connectivity index (χ0n) is 15.8. The van der Waals surface area contributed by atoms with Crippen LogP contribution in [-0.4, -0.2) is 114 Å². The molecule has 0 aromatic carbocycles. The molecule has 0 aliphatic carbocycles. The molecule has 7 heteroatoms. The molecule has 1 atom stereocenters. The first-order valence-corrected chi connectivity index (χ1v) is 9.83. The highest BCUT2D eigenvalue weighted by Gasteiger charge is 2.47. The number of aliphatic hydroxyl groups is 1. The Morgan fingerprint density at radius 2 is 1.72 bits per heavy atom. The third-order valence-electron chi connectivity index (χ3n) is 6.24. The van der Waals surface area contributed by atoms with Gasteiger partial charge in [0.2, 0.25) is 0 Å². The van der Waals surface area contributed by atoms with Crippen LogP contribution in [0, 0.1) is 0 Å². The van der Waals surface area contributed by atoms with Crippen LogP contribution >= 0.6 is 0 Å². The number of aliphatic hydroxyl groups excluding tert-OH is 1. The quantitative estimate of drug-likeness (QED) is 0.740. The average Bonchev–Trinajstić information content (AvgIpc) is 2.95. The predicted molar refractivity (Wildman–Crippen MR) is 96.7 cm³/mol. The van der Waals surface area contributed by atoms with Gasteiger partial charge in [0.25, 0.3) is 0 Å². The second-order valence-electron chi connectivity index (χ2n) is 7.82. The van der Waals surface area contributed by atoms with Crippen molar-refractivity contribution in [3.8, 4) is 0 Å². The highest BCUT2D eigenvalue weighted by molar-refractivity contribution is 5.70. The molecule has 144 valence electrons. The second-order valence-corrected chi connectivity index (χ2v) is 7.82. The number of likely N-dealkylation sites (N-methyl/N-ethyl adjacent to an activating group) is 1. The molecule has 3 heterocycles. The minimum absolute atomic E-state index is 0.143. The Morgan fingerprint density at radius 3 is 2.32 bits per heavy atom. The standard InChI is InChI=1S/C18H34N4O3/c1-3-19-8-10-20(11-9-19)12-13-22-15-18(25-17(22)24)4-6-21(7-5-18)16(2)14-23/h16,23H,3-15H2,1-2H3.